The molecule has 4 aromatic rings. The molecule has 4 rings (SSSR count). The van der Waals surface area contributed by atoms with Gasteiger partial charge in [-0.15, -0.1) is 0 Å². The smallest absolute Gasteiger partial charge is 0.145 e. The third-order valence-electron chi connectivity index (χ3n) is 4.78. The minimum atomic E-state index is -0.720. The molecule has 0 amide bonds. The van der Waals surface area contributed by atoms with E-state index in [0.717, 1.165) is 16.5 Å². The first-order valence-corrected chi connectivity index (χ1v) is 8.98. The molecule has 1 aromatic heterocycles. The Kier molecular flexibility index (Phi) is 4.79. The molecule has 1 N–H and O–H groups in total. The first-order chi connectivity index (χ1) is 13.6. The number of imidazole rings is 1. The summed E-state index contributed by atoms with van der Waals surface area (Å²) in [6.45, 7) is 0. The van der Waals surface area contributed by atoms with Crippen LogP contribution in [0, 0.1) is 11.3 Å². The molecular formula is C23H19N3O2. The number of hydrogen-bond donors (Lipinski definition) is 1. The van der Waals surface area contributed by atoms with Gasteiger partial charge in [-0.3, -0.25) is 0 Å². The molecule has 3 aromatic carbocycles. The molecule has 138 valence electrons. The number of ether oxygens (including phenoxy) is 1. The van der Waals surface area contributed by atoms with E-state index >= 15 is 0 Å². The topological polar surface area (TPSA) is 71.1 Å². The number of aliphatic hydroxyl groups is 1. The standard InChI is InChI=1S/C23H19N3O2/c1-26-15-25-14-20(26)12-22(27)18-6-7-19(13-24)23(11-18)28-21-9-8-16-4-2-3-5-17(16)10-21/h2-11,14-15,22,27H,12H2,1H3. The molecule has 0 aliphatic rings. The Bertz CT molecular complexity index is 1170. The predicted molar refractivity (Wildman–Crippen MR) is 107 cm³/mol. The van der Waals surface area contributed by atoms with Crippen molar-refractivity contribution in [2.75, 3.05) is 0 Å². The first-order valence-electron chi connectivity index (χ1n) is 8.98. The van der Waals surface area contributed by atoms with Crippen LogP contribution in [-0.2, 0) is 13.5 Å². The SMILES string of the molecule is Cn1cncc1CC(O)c1ccc(C#N)c(Oc2ccc3ccccc3c2)c1. The minimum absolute atomic E-state index is 0.421. The predicted octanol–water partition coefficient (Wildman–Crippen LogP) is 4.51. The van der Waals surface area contributed by atoms with Gasteiger partial charge in [-0.2, -0.15) is 5.26 Å². The van der Waals surface area contributed by atoms with Crippen molar-refractivity contribution >= 4 is 10.8 Å². The van der Waals surface area contributed by atoms with Crippen LogP contribution in [0.1, 0.15) is 22.9 Å². The Labute approximate surface area is 163 Å². The number of aromatic nitrogens is 2. The van der Waals surface area contributed by atoms with Gasteiger partial charge >= 0.3 is 0 Å². The van der Waals surface area contributed by atoms with Gasteiger partial charge in [0, 0.05) is 25.4 Å². The summed E-state index contributed by atoms with van der Waals surface area (Å²) in [5.74, 6) is 1.08. The molecule has 0 spiro atoms. The van der Waals surface area contributed by atoms with Crippen molar-refractivity contribution < 1.29 is 9.84 Å². The van der Waals surface area contributed by atoms with Crippen molar-refractivity contribution in [3.63, 3.8) is 0 Å². The van der Waals surface area contributed by atoms with E-state index in [-0.39, 0.29) is 0 Å². The highest BCUT2D eigenvalue weighted by atomic mass is 16.5. The number of nitrogens with zero attached hydrogens (tertiary/aromatic N) is 3. The highest BCUT2D eigenvalue weighted by Crippen LogP contribution is 2.31. The van der Waals surface area contributed by atoms with Crippen LogP contribution in [0.25, 0.3) is 10.8 Å². The summed E-state index contributed by atoms with van der Waals surface area (Å²) < 4.78 is 7.88. The molecule has 0 aliphatic heterocycles. The van der Waals surface area contributed by atoms with Crippen LogP contribution in [0.3, 0.4) is 0 Å². The summed E-state index contributed by atoms with van der Waals surface area (Å²) in [5, 5.41) is 22.3. The lowest BCUT2D eigenvalue weighted by atomic mass is 10.0. The van der Waals surface area contributed by atoms with Gasteiger partial charge in [0.25, 0.3) is 0 Å². The number of hydrogen-bond acceptors (Lipinski definition) is 4. The number of aliphatic hydroxyl groups excluding tert-OH is 1. The monoisotopic (exact) mass is 369 g/mol. The molecule has 5 nitrogen and oxygen atoms in total. The molecule has 0 aliphatic carbocycles. The minimum Gasteiger partial charge on any atom is -0.456 e. The number of aryl methyl sites for hydroxylation is 1. The largest absolute Gasteiger partial charge is 0.456 e. The molecule has 0 saturated carbocycles. The fourth-order valence-corrected chi connectivity index (χ4v) is 3.18. The van der Waals surface area contributed by atoms with Gasteiger partial charge in [0.1, 0.15) is 17.6 Å². The van der Waals surface area contributed by atoms with Crippen molar-refractivity contribution in [1.82, 2.24) is 9.55 Å². The Morgan fingerprint density at radius 3 is 2.68 bits per heavy atom. The molecule has 5 heteroatoms. The maximum atomic E-state index is 10.6. The van der Waals surface area contributed by atoms with Crippen LogP contribution in [-0.4, -0.2) is 14.7 Å². The molecule has 0 radical (unpaired) electrons. The zero-order valence-corrected chi connectivity index (χ0v) is 15.4. The summed E-state index contributed by atoms with van der Waals surface area (Å²) in [6, 6.07) is 21.1. The van der Waals surface area contributed by atoms with Crippen molar-refractivity contribution in [3.8, 4) is 17.6 Å². The maximum Gasteiger partial charge on any atom is 0.145 e. The number of rotatable bonds is 5. The Hall–Kier alpha value is -3.62. The molecule has 0 saturated heterocycles. The van der Waals surface area contributed by atoms with E-state index in [0.29, 0.717) is 29.0 Å². The van der Waals surface area contributed by atoms with E-state index in [4.69, 9.17) is 4.74 Å². The quantitative estimate of drug-likeness (QED) is 0.562. The third kappa shape index (κ3) is 3.59. The summed E-state index contributed by atoms with van der Waals surface area (Å²) in [4.78, 5) is 4.08. The molecule has 1 heterocycles. The molecule has 1 unspecified atom stereocenters. The normalized spacial score (nSPS) is 11.9. The van der Waals surface area contributed by atoms with Crippen molar-refractivity contribution in [1.29, 1.82) is 5.26 Å². The van der Waals surface area contributed by atoms with Gasteiger partial charge in [0.2, 0.25) is 0 Å². The Morgan fingerprint density at radius 1 is 1.11 bits per heavy atom. The summed E-state index contributed by atoms with van der Waals surface area (Å²) in [6.07, 6.45) is 3.15. The van der Waals surface area contributed by atoms with Crippen LogP contribution < -0.4 is 4.74 Å². The highest BCUT2D eigenvalue weighted by molar-refractivity contribution is 5.83. The molecule has 28 heavy (non-hydrogen) atoms. The van der Waals surface area contributed by atoms with Gasteiger partial charge in [-0.05, 0) is 40.6 Å². The Balaban J connectivity index is 1.62. The average molecular weight is 369 g/mol. The second kappa shape index (κ2) is 7.55. The average Bonchev–Trinajstić information content (AvgIpc) is 3.12. The fourth-order valence-electron chi connectivity index (χ4n) is 3.18. The summed E-state index contributed by atoms with van der Waals surface area (Å²) >= 11 is 0. The molecular weight excluding hydrogens is 350 g/mol. The zero-order chi connectivity index (χ0) is 19.5. The van der Waals surface area contributed by atoms with Gasteiger partial charge in [-0.25, -0.2) is 4.98 Å². The van der Waals surface area contributed by atoms with E-state index in [1.54, 1.807) is 30.7 Å². The van der Waals surface area contributed by atoms with Crippen LogP contribution >= 0.6 is 0 Å². The number of fused-ring (bicyclic) bond motifs is 1. The molecule has 0 fully saturated rings. The van der Waals surface area contributed by atoms with Crippen molar-refractivity contribution in [3.05, 3.63) is 90.0 Å². The van der Waals surface area contributed by atoms with E-state index in [1.165, 1.54) is 0 Å². The van der Waals surface area contributed by atoms with Crippen molar-refractivity contribution in [2.24, 2.45) is 7.05 Å². The maximum absolute atomic E-state index is 10.6. The van der Waals surface area contributed by atoms with Crippen LogP contribution in [0.15, 0.2) is 73.2 Å². The fraction of sp³-hybridized carbons (Fsp3) is 0.130. The Morgan fingerprint density at radius 2 is 1.93 bits per heavy atom. The van der Waals surface area contributed by atoms with Crippen LogP contribution in [0.2, 0.25) is 0 Å². The van der Waals surface area contributed by atoms with E-state index in [1.807, 2.05) is 54.1 Å². The van der Waals surface area contributed by atoms with Gasteiger partial charge in [-0.1, -0.05) is 36.4 Å². The van der Waals surface area contributed by atoms with E-state index in [2.05, 4.69) is 11.1 Å². The lowest BCUT2D eigenvalue weighted by Crippen LogP contribution is -2.06. The zero-order valence-electron chi connectivity index (χ0n) is 15.4. The first kappa shape index (κ1) is 17.8. The lowest BCUT2D eigenvalue weighted by molar-refractivity contribution is 0.176. The van der Waals surface area contributed by atoms with E-state index < -0.39 is 6.10 Å². The lowest BCUT2D eigenvalue weighted by Gasteiger charge is -2.14. The highest BCUT2D eigenvalue weighted by Gasteiger charge is 2.14. The van der Waals surface area contributed by atoms with Crippen LogP contribution in [0.5, 0.6) is 11.5 Å². The molecule has 1 atom stereocenters. The van der Waals surface area contributed by atoms with Crippen LogP contribution in [0.4, 0.5) is 0 Å². The van der Waals surface area contributed by atoms with Gasteiger partial charge in [0.15, 0.2) is 0 Å². The number of nitriles is 1. The van der Waals surface area contributed by atoms with Gasteiger partial charge < -0.3 is 14.4 Å². The summed E-state index contributed by atoms with van der Waals surface area (Å²) in [7, 11) is 1.89. The molecule has 0 bridgehead atoms. The van der Waals surface area contributed by atoms with Crippen molar-refractivity contribution in [2.45, 2.75) is 12.5 Å². The van der Waals surface area contributed by atoms with E-state index in [9.17, 15) is 10.4 Å². The van der Waals surface area contributed by atoms with Gasteiger partial charge in [0.05, 0.1) is 18.0 Å². The second-order valence-electron chi connectivity index (χ2n) is 6.69. The second-order valence-corrected chi connectivity index (χ2v) is 6.69. The summed E-state index contributed by atoms with van der Waals surface area (Å²) in [5.41, 5.74) is 2.04. The number of benzene rings is 3. The third-order valence-corrected chi connectivity index (χ3v) is 4.78.